The van der Waals surface area contributed by atoms with Gasteiger partial charge in [0.15, 0.2) is 0 Å². The molecule has 6 nitrogen and oxygen atoms in total. The molecule has 0 spiro atoms. The predicted molar refractivity (Wildman–Crippen MR) is 66.7 cm³/mol. The molecule has 1 aliphatic rings. The molecule has 6 heteroatoms. The van der Waals surface area contributed by atoms with E-state index in [4.69, 9.17) is 10.5 Å². The normalized spacial score (nSPS) is 23.3. The number of aromatic nitrogens is 2. The maximum Gasteiger partial charge on any atom is 0.249 e. The Morgan fingerprint density at radius 2 is 2.44 bits per heavy atom. The first-order valence-electron chi connectivity index (χ1n) is 6.22. The topological polar surface area (TPSA) is 82.2 Å². The molecule has 2 unspecified atom stereocenters. The Labute approximate surface area is 106 Å². The van der Waals surface area contributed by atoms with Crippen molar-refractivity contribution in [3.05, 3.63) is 17.5 Å². The van der Waals surface area contributed by atoms with Gasteiger partial charge < -0.3 is 15.8 Å². The third-order valence-electron chi connectivity index (χ3n) is 3.23. The van der Waals surface area contributed by atoms with Gasteiger partial charge in [-0.25, -0.2) is 0 Å². The molecule has 2 rings (SSSR count). The van der Waals surface area contributed by atoms with Gasteiger partial charge in [0.05, 0.1) is 11.8 Å². The Morgan fingerprint density at radius 3 is 3.00 bits per heavy atom. The van der Waals surface area contributed by atoms with Crippen LogP contribution in [0.15, 0.2) is 6.20 Å². The average molecular weight is 252 g/mol. The van der Waals surface area contributed by atoms with Crippen LogP contribution < -0.4 is 11.1 Å². The van der Waals surface area contributed by atoms with Crippen LogP contribution >= 0.6 is 0 Å². The average Bonchev–Trinajstić information content (AvgIpc) is 2.93. The van der Waals surface area contributed by atoms with E-state index in [1.807, 2.05) is 20.2 Å². The van der Waals surface area contributed by atoms with E-state index in [1.165, 1.54) is 0 Å². The van der Waals surface area contributed by atoms with E-state index < -0.39 is 0 Å². The monoisotopic (exact) mass is 252 g/mol. The molecular weight excluding hydrogens is 232 g/mol. The lowest BCUT2D eigenvalue weighted by Gasteiger charge is -2.12. The van der Waals surface area contributed by atoms with Crippen molar-refractivity contribution in [1.82, 2.24) is 15.1 Å². The van der Waals surface area contributed by atoms with E-state index in [-0.39, 0.29) is 18.1 Å². The number of aryl methyl sites for hydroxylation is 2. The van der Waals surface area contributed by atoms with Crippen molar-refractivity contribution in [1.29, 1.82) is 0 Å². The Kier molecular flexibility index (Phi) is 3.98. The van der Waals surface area contributed by atoms with Gasteiger partial charge in [0, 0.05) is 31.9 Å². The lowest BCUT2D eigenvalue weighted by molar-refractivity contribution is -0.132. The van der Waals surface area contributed by atoms with E-state index >= 15 is 0 Å². The van der Waals surface area contributed by atoms with Crippen molar-refractivity contribution in [3.63, 3.8) is 0 Å². The van der Waals surface area contributed by atoms with Crippen molar-refractivity contribution in [2.75, 3.05) is 6.54 Å². The van der Waals surface area contributed by atoms with Gasteiger partial charge in [0.1, 0.15) is 6.10 Å². The van der Waals surface area contributed by atoms with Gasteiger partial charge >= 0.3 is 0 Å². The number of hydrogen-bond acceptors (Lipinski definition) is 4. The minimum Gasteiger partial charge on any atom is -0.364 e. The second-order valence-electron chi connectivity index (χ2n) is 4.69. The fourth-order valence-electron chi connectivity index (χ4n) is 2.19. The van der Waals surface area contributed by atoms with Crippen molar-refractivity contribution < 1.29 is 9.53 Å². The third kappa shape index (κ3) is 2.88. The van der Waals surface area contributed by atoms with Gasteiger partial charge in [-0.05, 0) is 19.8 Å². The number of ether oxygens (including phenoxy) is 1. The number of rotatable bonds is 4. The van der Waals surface area contributed by atoms with Crippen LogP contribution in [0.3, 0.4) is 0 Å². The van der Waals surface area contributed by atoms with E-state index in [9.17, 15) is 4.79 Å². The number of carbonyl (C=O) groups excluding carboxylic acids is 1. The third-order valence-corrected chi connectivity index (χ3v) is 3.23. The van der Waals surface area contributed by atoms with E-state index in [1.54, 1.807) is 4.68 Å². The van der Waals surface area contributed by atoms with E-state index in [0.717, 1.165) is 24.1 Å². The van der Waals surface area contributed by atoms with Crippen LogP contribution in [0.25, 0.3) is 0 Å². The SMILES string of the molecule is Cc1nn(C)cc1CNC(=O)C1CCC(CN)O1. The molecule has 0 saturated carbocycles. The minimum absolute atomic E-state index is 0.0286. The van der Waals surface area contributed by atoms with Crippen molar-refractivity contribution in [3.8, 4) is 0 Å². The Bertz CT molecular complexity index is 430. The summed E-state index contributed by atoms with van der Waals surface area (Å²) in [6, 6.07) is 0. The second-order valence-corrected chi connectivity index (χ2v) is 4.69. The van der Waals surface area contributed by atoms with Crippen LogP contribution in [0.1, 0.15) is 24.1 Å². The molecule has 2 heterocycles. The van der Waals surface area contributed by atoms with Crippen LogP contribution in [0.2, 0.25) is 0 Å². The highest BCUT2D eigenvalue weighted by atomic mass is 16.5. The maximum atomic E-state index is 11.9. The summed E-state index contributed by atoms with van der Waals surface area (Å²) in [6.45, 7) is 2.90. The molecule has 1 aliphatic heterocycles. The van der Waals surface area contributed by atoms with Crippen LogP contribution in [0.5, 0.6) is 0 Å². The molecule has 0 aliphatic carbocycles. The Morgan fingerprint density at radius 1 is 1.67 bits per heavy atom. The molecule has 1 aromatic heterocycles. The van der Waals surface area contributed by atoms with Crippen LogP contribution in [0.4, 0.5) is 0 Å². The number of nitrogens with one attached hydrogen (secondary N) is 1. The summed E-state index contributed by atoms with van der Waals surface area (Å²) in [5.41, 5.74) is 7.48. The van der Waals surface area contributed by atoms with Gasteiger partial charge in [-0.1, -0.05) is 0 Å². The smallest absolute Gasteiger partial charge is 0.249 e. The van der Waals surface area contributed by atoms with Crippen LogP contribution in [-0.2, 0) is 23.1 Å². The lowest BCUT2D eigenvalue weighted by Crippen LogP contribution is -2.35. The van der Waals surface area contributed by atoms with Gasteiger partial charge in [0.2, 0.25) is 5.91 Å². The first-order valence-corrected chi connectivity index (χ1v) is 6.22. The maximum absolute atomic E-state index is 11.9. The number of carbonyl (C=O) groups is 1. The number of nitrogens with zero attached hydrogens (tertiary/aromatic N) is 2. The van der Waals surface area contributed by atoms with Gasteiger partial charge in [-0.2, -0.15) is 5.10 Å². The summed E-state index contributed by atoms with van der Waals surface area (Å²) in [5.74, 6) is -0.0609. The van der Waals surface area contributed by atoms with E-state index in [0.29, 0.717) is 13.1 Å². The molecule has 100 valence electrons. The zero-order valence-corrected chi connectivity index (χ0v) is 10.8. The number of hydrogen-bond donors (Lipinski definition) is 2. The molecule has 18 heavy (non-hydrogen) atoms. The second kappa shape index (κ2) is 5.49. The highest BCUT2D eigenvalue weighted by Gasteiger charge is 2.29. The lowest BCUT2D eigenvalue weighted by atomic mass is 10.2. The summed E-state index contributed by atoms with van der Waals surface area (Å²) in [4.78, 5) is 11.9. The zero-order valence-electron chi connectivity index (χ0n) is 10.8. The molecule has 2 atom stereocenters. The van der Waals surface area contributed by atoms with Crippen LogP contribution in [-0.4, -0.2) is 34.4 Å². The molecule has 1 amide bonds. The van der Waals surface area contributed by atoms with Crippen LogP contribution in [0, 0.1) is 6.92 Å². The van der Waals surface area contributed by atoms with Crippen molar-refractivity contribution in [2.45, 2.75) is 38.5 Å². The molecule has 0 radical (unpaired) electrons. The Hall–Kier alpha value is -1.40. The molecule has 1 fully saturated rings. The molecule has 1 aromatic rings. The summed E-state index contributed by atoms with van der Waals surface area (Å²) in [6.07, 6.45) is 3.20. The quantitative estimate of drug-likeness (QED) is 0.781. The van der Waals surface area contributed by atoms with Gasteiger partial charge in [-0.15, -0.1) is 0 Å². The molecule has 1 saturated heterocycles. The molecular formula is C12H20N4O2. The summed E-state index contributed by atoms with van der Waals surface area (Å²) >= 11 is 0. The molecule has 0 bridgehead atoms. The summed E-state index contributed by atoms with van der Waals surface area (Å²) in [5, 5.41) is 7.11. The number of nitrogens with two attached hydrogens (primary N) is 1. The Balaban J connectivity index is 1.84. The van der Waals surface area contributed by atoms with E-state index in [2.05, 4.69) is 10.4 Å². The standard InChI is InChI=1S/C12H20N4O2/c1-8-9(7-16(2)15-8)6-14-12(17)11-4-3-10(5-13)18-11/h7,10-11H,3-6,13H2,1-2H3,(H,14,17). The highest BCUT2D eigenvalue weighted by molar-refractivity contribution is 5.81. The van der Waals surface area contributed by atoms with Crippen molar-refractivity contribution >= 4 is 5.91 Å². The van der Waals surface area contributed by atoms with Crippen molar-refractivity contribution in [2.24, 2.45) is 12.8 Å². The first-order chi connectivity index (χ1) is 8.60. The summed E-state index contributed by atoms with van der Waals surface area (Å²) < 4.78 is 7.28. The predicted octanol–water partition coefficient (Wildman–Crippen LogP) is -0.149. The largest absolute Gasteiger partial charge is 0.364 e. The molecule has 3 N–H and O–H groups in total. The van der Waals surface area contributed by atoms with Gasteiger partial charge in [-0.3, -0.25) is 9.48 Å². The first kappa shape index (κ1) is 13.0. The molecule has 0 aromatic carbocycles. The zero-order chi connectivity index (χ0) is 13.1. The summed E-state index contributed by atoms with van der Waals surface area (Å²) in [7, 11) is 1.87. The van der Waals surface area contributed by atoms with Gasteiger partial charge in [0.25, 0.3) is 0 Å². The fourth-order valence-corrected chi connectivity index (χ4v) is 2.19. The minimum atomic E-state index is -0.351. The fraction of sp³-hybridized carbons (Fsp3) is 0.667. The highest BCUT2D eigenvalue weighted by Crippen LogP contribution is 2.19. The number of amides is 1.